The van der Waals surface area contributed by atoms with Gasteiger partial charge in [0.2, 0.25) is 11.8 Å². The van der Waals surface area contributed by atoms with Crippen molar-refractivity contribution < 1.29 is 23.1 Å². The molecule has 0 saturated carbocycles. The van der Waals surface area contributed by atoms with Crippen molar-refractivity contribution >= 4 is 5.97 Å². The van der Waals surface area contributed by atoms with Crippen LogP contribution in [0.3, 0.4) is 0 Å². The van der Waals surface area contributed by atoms with E-state index in [2.05, 4.69) is 10.2 Å². The summed E-state index contributed by atoms with van der Waals surface area (Å²) in [4.78, 5) is 10.4. The maximum absolute atomic E-state index is 13.5. The van der Waals surface area contributed by atoms with Gasteiger partial charge in [-0.1, -0.05) is 12.1 Å². The minimum atomic E-state index is -0.932. The van der Waals surface area contributed by atoms with Crippen LogP contribution in [0.1, 0.15) is 30.2 Å². The first-order chi connectivity index (χ1) is 9.56. The smallest absolute Gasteiger partial charge is 0.303 e. The van der Waals surface area contributed by atoms with E-state index >= 15 is 0 Å². The monoisotopic (exact) mass is 282 g/mol. The highest BCUT2D eigenvalue weighted by atomic mass is 19.2. The Morgan fingerprint density at radius 2 is 2.00 bits per heavy atom. The van der Waals surface area contributed by atoms with E-state index in [0.717, 1.165) is 6.07 Å². The van der Waals surface area contributed by atoms with E-state index in [1.807, 2.05) is 0 Å². The maximum atomic E-state index is 13.5. The average molecular weight is 282 g/mol. The van der Waals surface area contributed by atoms with Crippen LogP contribution in [0, 0.1) is 11.6 Å². The van der Waals surface area contributed by atoms with E-state index in [1.54, 1.807) is 0 Å². The number of nitrogens with zero attached hydrogens (tertiary/aromatic N) is 2. The molecule has 0 fully saturated rings. The summed E-state index contributed by atoms with van der Waals surface area (Å²) in [6.45, 7) is 0. The Hall–Kier alpha value is -2.31. The highest BCUT2D eigenvalue weighted by Gasteiger charge is 2.12. The van der Waals surface area contributed by atoms with Gasteiger partial charge in [0.25, 0.3) is 0 Å². The van der Waals surface area contributed by atoms with Crippen LogP contribution in [-0.2, 0) is 17.6 Å². The Kier molecular flexibility index (Phi) is 4.39. The molecule has 0 aliphatic heterocycles. The van der Waals surface area contributed by atoms with Crippen LogP contribution < -0.4 is 0 Å². The molecule has 0 aliphatic carbocycles. The molecule has 1 heterocycles. The summed E-state index contributed by atoms with van der Waals surface area (Å²) < 4.78 is 31.7. The quantitative estimate of drug-likeness (QED) is 0.880. The van der Waals surface area contributed by atoms with Gasteiger partial charge < -0.3 is 9.52 Å². The number of aliphatic carboxylic acids is 1. The molecule has 0 aliphatic rings. The number of benzene rings is 1. The number of halogens is 2. The van der Waals surface area contributed by atoms with Crippen LogP contribution in [0.2, 0.25) is 0 Å². The van der Waals surface area contributed by atoms with Gasteiger partial charge in [-0.25, -0.2) is 8.78 Å². The Morgan fingerprint density at radius 1 is 1.25 bits per heavy atom. The molecule has 2 rings (SSSR count). The van der Waals surface area contributed by atoms with E-state index in [9.17, 15) is 13.6 Å². The fraction of sp³-hybridized carbons (Fsp3) is 0.308. The summed E-state index contributed by atoms with van der Waals surface area (Å²) >= 11 is 0. The van der Waals surface area contributed by atoms with Gasteiger partial charge in [0.05, 0.1) is 6.42 Å². The zero-order valence-corrected chi connectivity index (χ0v) is 10.5. The van der Waals surface area contributed by atoms with Crippen molar-refractivity contribution in [2.75, 3.05) is 0 Å². The van der Waals surface area contributed by atoms with Crippen LogP contribution in [-0.4, -0.2) is 21.3 Å². The first-order valence-corrected chi connectivity index (χ1v) is 6.02. The van der Waals surface area contributed by atoms with Gasteiger partial charge in [-0.15, -0.1) is 10.2 Å². The first kappa shape index (κ1) is 14.1. The van der Waals surface area contributed by atoms with Crippen LogP contribution in [0.4, 0.5) is 8.78 Å². The highest BCUT2D eigenvalue weighted by molar-refractivity contribution is 5.66. The number of aromatic nitrogens is 2. The third-order valence-corrected chi connectivity index (χ3v) is 2.66. The van der Waals surface area contributed by atoms with E-state index in [4.69, 9.17) is 9.52 Å². The van der Waals surface area contributed by atoms with Crippen molar-refractivity contribution in [2.45, 2.75) is 25.7 Å². The van der Waals surface area contributed by atoms with Gasteiger partial charge in [0.1, 0.15) is 0 Å². The Morgan fingerprint density at radius 3 is 2.75 bits per heavy atom. The summed E-state index contributed by atoms with van der Waals surface area (Å²) in [5.74, 6) is -2.30. The number of carboxylic acids is 1. The second-order valence-electron chi connectivity index (χ2n) is 4.23. The first-order valence-electron chi connectivity index (χ1n) is 6.02. The second-order valence-corrected chi connectivity index (χ2v) is 4.23. The van der Waals surface area contributed by atoms with Crippen molar-refractivity contribution in [1.29, 1.82) is 0 Å². The summed E-state index contributed by atoms with van der Waals surface area (Å²) in [5, 5.41) is 16.0. The van der Waals surface area contributed by atoms with Crippen LogP contribution in [0.25, 0.3) is 0 Å². The van der Waals surface area contributed by atoms with Gasteiger partial charge >= 0.3 is 5.97 Å². The molecule has 0 radical (unpaired) electrons. The summed E-state index contributed by atoms with van der Waals surface area (Å²) in [7, 11) is 0. The molecule has 20 heavy (non-hydrogen) atoms. The molecule has 2 aromatic rings. The lowest BCUT2D eigenvalue weighted by Gasteiger charge is -2.00. The molecule has 0 amide bonds. The molecule has 7 heteroatoms. The molecule has 0 atom stereocenters. The normalized spacial score (nSPS) is 10.7. The molecule has 0 saturated heterocycles. The average Bonchev–Trinajstić information content (AvgIpc) is 2.82. The minimum absolute atomic E-state index is 0.00444. The Balaban J connectivity index is 1.99. The fourth-order valence-corrected chi connectivity index (χ4v) is 1.70. The van der Waals surface area contributed by atoms with E-state index in [1.165, 1.54) is 12.1 Å². The lowest BCUT2D eigenvalue weighted by molar-refractivity contribution is -0.137. The molecule has 1 aromatic heterocycles. The van der Waals surface area contributed by atoms with E-state index in [-0.39, 0.29) is 30.2 Å². The van der Waals surface area contributed by atoms with E-state index in [0.29, 0.717) is 12.8 Å². The van der Waals surface area contributed by atoms with Crippen LogP contribution >= 0.6 is 0 Å². The molecular formula is C13H12F2N2O3. The Labute approximate surface area is 113 Å². The number of carbonyl (C=O) groups is 1. The van der Waals surface area contributed by atoms with E-state index < -0.39 is 17.6 Å². The summed E-state index contributed by atoms with van der Waals surface area (Å²) in [6, 6.07) is 3.87. The summed E-state index contributed by atoms with van der Waals surface area (Å²) in [6.07, 6.45) is 0.724. The fourth-order valence-electron chi connectivity index (χ4n) is 1.70. The van der Waals surface area contributed by atoms with Crippen LogP contribution in [0.15, 0.2) is 22.6 Å². The van der Waals surface area contributed by atoms with Gasteiger partial charge in [-0.3, -0.25) is 4.79 Å². The molecule has 0 spiro atoms. The molecule has 0 unspecified atom stereocenters. The molecule has 1 N–H and O–H groups in total. The van der Waals surface area contributed by atoms with Crippen molar-refractivity contribution in [1.82, 2.24) is 10.2 Å². The number of carboxylic acid groups (broad SMARTS) is 1. The van der Waals surface area contributed by atoms with Crippen molar-refractivity contribution in [3.63, 3.8) is 0 Å². The molecule has 0 bridgehead atoms. The lowest BCUT2D eigenvalue weighted by Crippen LogP contribution is -1.96. The van der Waals surface area contributed by atoms with Gasteiger partial charge in [-0.2, -0.15) is 0 Å². The zero-order valence-electron chi connectivity index (χ0n) is 10.5. The third kappa shape index (κ3) is 3.59. The zero-order chi connectivity index (χ0) is 14.5. The number of hydrogen-bond acceptors (Lipinski definition) is 4. The van der Waals surface area contributed by atoms with Gasteiger partial charge in [-0.05, 0) is 12.5 Å². The predicted octanol–water partition coefficient (Wildman–Crippen LogP) is 2.35. The van der Waals surface area contributed by atoms with Crippen LogP contribution in [0.5, 0.6) is 0 Å². The summed E-state index contributed by atoms with van der Waals surface area (Å²) in [5.41, 5.74) is 0.130. The highest BCUT2D eigenvalue weighted by Crippen LogP contribution is 2.15. The number of rotatable bonds is 6. The molecule has 5 nitrogen and oxygen atoms in total. The van der Waals surface area contributed by atoms with Gasteiger partial charge in [0, 0.05) is 18.4 Å². The SMILES string of the molecule is O=C(O)CCCc1nnc(Cc2cccc(F)c2F)o1. The largest absolute Gasteiger partial charge is 0.481 e. The lowest BCUT2D eigenvalue weighted by atomic mass is 10.1. The third-order valence-electron chi connectivity index (χ3n) is 2.66. The Bertz CT molecular complexity index is 613. The topological polar surface area (TPSA) is 76.2 Å². The number of aryl methyl sites for hydroxylation is 1. The maximum Gasteiger partial charge on any atom is 0.303 e. The number of hydrogen-bond donors (Lipinski definition) is 1. The standard InChI is InChI=1S/C13H12F2N2O3/c14-9-4-1-3-8(13(9)15)7-11-17-16-10(20-11)5-2-6-12(18)19/h1,3-4H,2,5-7H2,(H,18,19). The second kappa shape index (κ2) is 6.23. The molecule has 1 aromatic carbocycles. The molecular weight excluding hydrogens is 270 g/mol. The minimum Gasteiger partial charge on any atom is -0.481 e. The van der Waals surface area contributed by atoms with Crippen molar-refractivity contribution in [2.24, 2.45) is 0 Å². The van der Waals surface area contributed by atoms with Crippen molar-refractivity contribution in [3.8, 4) is 0 Å². The van der Waals surface area contributed by atoms with Crippen molar-refractivity contribution in [3.05, 3.63) is 47.2 Å². The molecule has 106 valence electrons. The van der Waals surface area contributed by atoms with Gasteiger partial charge in [0.15, 0.2) is 11.6 Å². The predicted molar refractivity (Wildman–Crippen MR) is 64.0 cm³/mol.